The van der Waals surface area contributed by atoms with E-state index in [-0.39, 0.29) is 13.0 Å². The first-order chi connectivity index (χ1) is 10.8. The number of alkyl halides is 3. The summed E-state index contributed by atoms with van der Waals surface area (Å²) in [7, 11) is 1.54. The summed E-state index contributed by atoms with van der Waals surface area (Å²) in [4.78, 5) is 10.7. The van der Waals surface area contributed by atoms with Crippen molar-refractivity contribution in [1.82, 2.24) is 5.32 Å². The van der Waals surface area contributed by atoms with Gasteiger partial charge in [-0.05, 0) is 17.5 Å². The van der Waals surface area contributed by atoms with Gasteiger partial charge in [0.05, 0.1) is 6.10 Å². The molecular weight excluding hydrogens is 311 g/mol. The first-order valence-corrected chi connectivity index (χ1v) is 6.91. The van der Waals surface area contributed by atoms with E-state index in [0.717, 1.165) is 5.56 Å². The fourth-order valence-electron chi connectivity index (χ4n) is 1.79. The number of halogens is 3. The van der Waals surface area contributed by atoms with Gasteiger partial charge in [0.1, 0.15) is 6.61 Å². The van der Waals surface area contributed by atoms with Gasteiger partial charge in [0.2, 0.25) is 0 Å². The van der Waals surface area contributed by atoms with Crippen LogP contribution < -0.4 is 5.32 Å². The van der Waals surface area contributed by atoms with Gasteiger partial charge in [-0.1, -0.05) is 36.1 Å². The highest BCUT2D eigenvalue weighted by Crippen LogP contribution is 2.18. The first-order valence-electron chi connectivity index (χ1n) is 6.91. The van der Waals surface area contributed by atoms with Crippen LogP contribution in [0, 0.1) is 11.8 Å². The molecule has 1 atom stereocenters. The second-order valence-corrected chi connectivity index (χ2v) is 4.77. The molecule has 0 aliphatic carbocycles. The molecule has 0 fully saturated rings. The molecule has 0 aliphatic heterocycles. The highest BCUT2D eigenvalue weighted by Gasteiger charge is 2.38. The number of carbonyl (C=O) groups excluding carboxylic acids is 1. The molecule has 0 bridgehead atoms. The third kappa shape index (κ3) is 7.17. The maximum atomic E-state index is 12.0. The molecule has 1 aromatic carbocycles. The molecule has 0 aliphatic rings. The minimum Gasteiger partial charge on any atom is -0.388 e. The second-order valence-electron chi connectivity index (χ2n) is 4.77. The quantitative estimate of drug-likeness (QED) is 0.785. The number of nitrogens with one attached hydrogen (secondary N) is 1. The molecule has 4 nitrogen and oxygen atoms in total. The lowest BCUT2D eigenvalue weighted by Crippen LogP contribution is -2.37. The van der Waals surface area contributed by atoms with Gasteiger partial charge >= 0.3 is 12.1 Å². The Kier molecular flexibility index (Phi) is 7.59. The highest BCUT2D eigenvalue weighted by molar-refractivity contribution is 5.81. The van der Waals surface area contributed by atoms with Crippen molar-refractivity contribution >= 4 is 5.91 Å². The third-order valence-electron chi connectivity index (χ3n) is 2.93. The lowest BCUT2D eigenvalue weighted by atomic mass is 10.0. The van der Waals surface area contributed by atoms with E-state index in [1.165, 1.54) is 0 Å². The molecule has 1 rings (SSSR count). The van der Waals surface area contributed by atoms with E-state index >= 15 is 0 Å². The topological polar surface area (TPSA) is 58.6 Å². The van der Waals surface area contributed by atoms with Crippen molar-refractivity contribution < 1.29 is 27.8 Å². The fraction of sp³-hybridized carbons (Fsp3) is 0.438. The first kappa shape index (κ1) is 19.0. The maximum absolute atomic E-state index is 12.0. The molecule has 0 aromatic heterocycles. The third-order valence-corrected chi connectivity index (χ3v) is 2.93. The monoisotopic (exact) mass is 329 g/mol. The average molecular weight is 329 g/mol. The van der Waals surface area contributed by atoms with Crippen molar-refractivity contribution in [2.75, 3.05) is 20.3 Å². The fourth-order valence-corrected chi connectivity index (χ4v) is 1.79. The average Bonchev–Trinajstić information content (AvgIpc) is 2.50. The molecule has 1 aromatic rings. The van der Waals surface area contributed by atoms with Crippen LogP contribution in [-0.2, 0) is 16.0 Å². The van der Waals surface area contributed by atoms with E-state index < -0.39 is 18.2 Å². The van der Waals surface area contributed by atoms with Crippen molar-refractivity contribution in [3.63, 3.8) is 0 Å². The summed E-state index contributed by atoms with van der Waals surface area (Å²) in [5, 5.41) is 11.7. The summed E-state index contributed by atoms with van der Waals surface area (Å²) in [6.45, 7) is 0.0681. The van der Waals surface area contributed by atoms with Gasteiger partial charge in [0.25, 0.3) is 0 Å². The lowest BCUT2D eigenvalue weighted by Gasteiger charge is -2.13. The van der Waals surface area contributed by atoms with E-state index in [4.69, 9.17) is 4.74 Å². The summed E-state index contributed by atoms with van der Waals surface area (Å²) in [5.74, 6) is 3.70. The molecule has 1 amide bonds. The SMILES string of the molecule is COCC#CCc1cccc(C(O)CCNC(=O)C(F)(F)F)c1. The molecule has 0 heterocycles. The maximum Gasteiger partial charge on any atom is 0.471 e. The number of aliphatic hydroxyl groups excluding tert-OH is 1. The van der Waals surface area contributed by atoms with Gasteiger partial charge in [0, 0.05) is 20.1 Å². The molecular formula is C16H18F3NO3. The molecule has 0 radical (unpaired) electrons. The number of ether oxygens (including phenoxy) is 1. The number of rotatable bonds is 6. The summed E-state index contributed by atoms with van der Waals surface area (Å²) >= 11 is 0. The van der Waals surface area contributed by atoms with Crippen molar-refractivity contribution in [1.29, 1.82) is 0 Å². The molecule has 23 heavy (non-hydrogen) atoms. The molecule has 1 unspecified atom stereocenters. The molecule has 0 saturated carbocycles. The number of methoxy groups -OCH3 is 1. The number of aliphatic hydroxyl groups is 1. The van der Waals surface area contributed by atoms with Crippen LogP contribution in [-0.4, -0.2) is 37.5 Å². The van der Waals surface area contributed by atoms with E-state index in [2.05, 4.69) is 11.8 Å². The van der Waals surface area contributed by atoms with Crippen LogP contribution in [0.25, 0.3) is 0 Å². The van der Waals surface area contributed by atoms with E-state index in [1.807, 2.05) is 6.07 Å². The number of hydrogen-bond donors (Lipinski definition) is 2. The van der Waals surface area contributed by atoms with Gasteiger partial charge in [-0.2, -0.15) is 13.2 Å². The van der Waals surface area contributed by atoms with Crippen molar-refractivity contribution in [3.8, 4) is 11.8 Å². The van der Waals surface area contributed by atoms with Crippen LogP contribution in [0.15, 0.2) is 24.3 Å². The van der Waals surface area contributed by atoms with Crippen LogP contribution in [0.1, 0.15) is 23.7 Å². The zero-order valence-corrected chi connectivity index (χ0v) is 12.6. The zero-order chi connectivity index (χ0) is 17.3. The second kappa shape index (κ2) is 9.18. The lowest BCUT2D eigenvalue weighted by molar-refractivity contribution is -0.173. The van der Waals surface area contributed by atoms with Gasteiger partial charge in [-0.3, -0.25) is 4.79 Å². The number of amides is 1. The van der Waals surface area contributed by atoms with E-state index in [9.17, 15) is 23.1 Å². The summed E-state index contributed by atoms with van der Waals surface area (Å²) < 4.78 is 40.9. The van der Waals surface area contributed by atoms with Crippen LogP contribution in [0.2, 0.25) is 0 Å². The normalized spacial score (nSPS) is 12.2. The minimum absolute atomic E-state index is 0.0133. The predicted octanol–water partition coefficient (Wildman–Crippen LogP) is 1.98. The largest absolute Gasteiger partial charge is 0.471 e. The van der Waals surface area contributed by atoms with E-state index in [0.29, 0.717) is 18.6 Å². The summed E-state index contributed by atoms with van der Waals surface area (Å²) in [5.41, 5.74) is 1.45. The highest BCUT2D eigenvalue weighted by atomic mass is 19.4. The molecule has 7 heteroatoms. The van der Waals surface area contributed by atoms with Crippen molar-refractivity contribution in [2.24, 2.45) is 0 Å². The van der Waals surface area contributed by atoms with Gasteiger partial charge in [-0.25, -0.2) is 0 Å². The van der Waals surface area contributed by atoms with E-state index in [1.54, 1.807) is 30.6 Å². The smallest absolute Gasteiger partial charge is 0.388 e. The Balaban J connectivity index is 2.52. The minimum atomic E-state index is -4.91. The Morgan fingerprint density at radius 3 is 2.78 bits per heavy atom. The Labute approximate surface area is 132 Å². The Morgan fingerprint density at radius 1 is 1.39 bits per heavy atom. The molecule has 0 spiro atoms. The Morgan fingerprint density at radius 2 is 2.13 bits per heavy atom. The Hall–Kier alpha value is -2.04. The number of benzene rings is 1. The zero-order valence-electron chi connectivity index (χ0n) is 12.6. The van der Waals surface area contributed by atoms with Crippen LogP contribution in [0.3, 0.4) is 0 Å². The van der Waals surface area contributed by atoms with Gasteiger partial charge in [-0.15, -0.1) is 0 Å². The van der Waals surface area contributed by atoms with Crippen molar-refractivity contribution in [2.45, 2.75) is 25.1 Å². The number of carbonyl (C=O) groups is 1. The standard InChI is InChI=1S/C16H18F3NO3/c1-23-10-3-2-5-12-6-4-7-13(11-12)14(21)8-9-20-15(22)16(17,18)19/h4,6-7,11,14,21H,5,8-10H2,1H3,(H,20,22). The molecule has 126 valence electrons. The van der Waals surface area contributed by atoms with Gasteiger partial charge < -0.3 is 15.2 Å². The van der Waals surface area contributed by atoms with Crippen LogP contribution in [0.4, 0.5) is 13.2 Å². The predicted molar refractivity (Wildman–Crippen MR) is 78.4 cm³/mol. The molecule has 2 N–H and O–H groups in total. The van der Waals surface area contributed by atoms with Gasteiger partial charge in [0.15, 0.2) is 0 Å². The number of hydrogen-bond acceptors (Lipinski definition) is 3. The van der Waals surface area contributed by atoms with Crippen LogP contribution >= 0.6 is 0 Å². The van der Waals surface area contributed by atoms with Crippen LogP contribution in [0.5, 0.6) is 0 Å². The Bertz CT molecular complexity index is 576. The molecule has 0 saturated heterocycles. The van der Waals surface area contributed by atoms with Crippen molar-refractivity contribution in [3.05, 3.63) is 35.4 Å². The summed E-state index contributed by atoms with van der Waals surface area (Å²) in [6, 6.07) is 6.98. The summed E-state index contributed by atoms with van der Waals surface area (Å²) in [6.07, 6.45) is -5.41.